The summed E-state index contributed by atoms with van der Waals surface area (Å²) in [6, 6.07) is -0.721. The van der Waals surface area contributed by atoms with E-state index in [0.717, 1.165) is 12.8 Å². The van der Waals surface area contributed by atoms with Crippen LogP contribution in [0.3, 0.4) is 0 Å². The average molecular weight is 241 g/mol. The Morgan fingerprint density at radius 1 is 1.41 bits per heavy atom. The number of hydrogen-bond donors (Lipinski definition) is 2. The summed E-state index contributed by atoms with van der Waals surface area (Å²) >= 11 is 0. The minimum absolute atomic E-state index is 0.0844. The van der Waals surface area contributed by atoms with Crippen molar-refractivity contribution in [1.29, 1.82) is 0 Å². The van der Waals surface area contributed by atoms with Gasteiger partial charge < -0.3 is 21.1 Å². The van der Waals surface area contributed by atoms with Crippen LogP contribution in [0.25, 0.3) is 0 Å². The fourth-order valence-corrected chi connectivity index (χ4v) is 2.15. The monoisotopic (exact) mass is 241 g/mol. The second-order valence-electron chi connectivity index (χ2n) is 4.79. The minimum atomic E-state index is -0.636. The Morgan fingerprint density at radius 2 is 2.12 bits per heavy atom. The predicted octanol–water partition coefficient (Wildman–Crippen LogP) is -1.17. The maximum absolute atomic E-state index is 12.0. The third kappa shape index (κ3) is 2.95. The normalized spacial score (nSPS) is 26.6. The molecule has 96 valence electrons. The van der Waals surface area contributed by atoms with Crippen LogP contribution in [0.15, 0.2) is 0 Å². The molecule has 0 aromatic heterocycles. The van der Waals surface area contributed by atoms with Crippen molar-refractivity contribution in [3.05, 3.63) is 0 Å². The Morgan fingerprint density at radius 3 is 2.71 bits per heavy atom. The van der Waals surface area contributed by atoms with Gasteiger partial charge in [-0.2, -0.15) is 0 Å². The number of carbonyl (C=O) groups is 2. The van der Waals surface area contributed by atoms with E-state index >= 15 is 0 Å². The fourth-order valence-electron chi connectivity index (χ4n) is 2.15. The van der Waals surface area contributed by atoms with Gasteiger partial charge in [0.2, 0.25) is 11.8 Å². The van der Waals surface area contributed by atoms with E-state index in [1.54, 1.807) is 0 Å². The Bertz CT molecular complexity index is 317. The summed E-state index contributed by atoms with van der Waals surface area (Å²) in [5, 5.41) is 0. The number of rotatable bonds is 4. The summed E-state index contributed by atoms with van der Waals surface area (Å²) in [6.45, 7) is 1.07. The van der Waals surface area contributed by atoms with Crippen LogP contribution in [0.5, 0.6) is 0 Å². The lowest BCUT2D eigenvalue weighted by Gasteiger charge is -2.34. The standard InChI is InChI=1S/C11H19N3O3/c12-8(7-1-2-7)5-10(15)14-3-4-17-6-9(14)11(13)16/h7-9H,1-6,12H2,(H2,13,16). The second kappa shape index (κ2) is 5.01. The first-order chi connectivity index (χ1) is 8.09. The predicted molar refractivity (Wildman–Crippen MR) is 60.8 cm³/mol. The van der Waals surface area contributed by atoms with E-state index in [2.05, 4.69) is 0 Å². The highest BCUT2D eigenvalue weighted by atomic mass is 16.5. The lowest BCUT2D eigenvalue weighted by molar-refractivity contribution is -0.147. The van der Waals surface area contributed by atoms with Crippen molar-refractivity contribution >= 4 is 11.8 Å². The summed E-state index contributed by atoms with van der Waals surface area (Å²) in [4.78, 5) is 24.8. The average Bonchev–Trinajstić information content (AvgIpc) is 3.12. The molecule has 6 nitrogen and oxygen atoms in total. The highest BCUT2D eigenvalue weighted by Crippen LogP contribution is 2.33. The number of hydrogen-bond acceptors (Lipinski definition) is 4. The molecule has 0 aromatic rings. The number of nitrogens with two attached hydrogens (primary N) is 2. The van der Waals surface area contributed by atoms with E-state index in [9.17, 15) is 9.59 Å². The van der Waals surface area contributed by atoms with Crippen molar-refractivity contribution in [3.8, 4) is 0 Å². The molecule has 6 heteroatoms. The highest BCUT2D eigenvalue weighted by Gasteiger charge is 2.35. The molecular formula is C11H19N3O3. The van der Waals surface area contributed by atoms with E-state index in [1.807, 2.05) is 0 Å². The molecule has 2 rings (SSSR count). The van der Waals surface area contributed by atoms with Gasteiger partial charge in [0.05, 0.1) is 13.2 Å². The Kier molecular flexibility index (Phi) is 3.63. The first-order valence-electron chi connectivity index (χ1n) is 6.01. The van der Waals surface area contributed by atoms with Gasteiger partial charge in [-0.3, -0.25) is 9.59 Å². The molecular weight excluding hydrogens is 222 g/mol. The molecule has 1 heterocycles. The van der Waals surface area contributed by atoms with Crippen LogP contribution >= 0.6 is 0 Å². The number of nitrogens with zero attached hydrogens (tertiary/aromatic N) is 1. The van der Waals surface area contributed by atoms with Crippen LogP contribution in [0, 0.1) is 5.92 Å². The maximum Gasteiger partial charge on any atom is 0.242 e. The fraction of sp³-hybridized carbons (Fsp3) is 0.818. The molecule has 0 bridgehead atoms. The third-order valence-corrected chi connectivity index (χ3v) is 3.42. The zero-order chi connectivity index (χ0) is 12.4. The van der Waals surface area contributed by atoms with Crippen molar-refractivity contribution in [1.82, 2.24) is 4.90 Å². The molecule has 0 spiro atoms. The molecule has 2 aliphatic rings. The molecule has 1 saturated heterocycles. The van der Waals surface area contributed by atoms with Gasteiger partial charge in [-0.1, -0.05) is 0 Å². The van der Waals surface area contributed by atoms with Crippen LogP contribution in [-0.2, 0) is 14.3 Å². The van der Waals surface area contributed by atoms with E-state index in [4.69, 9.17) is 16.2 Å². The van der Waals surface area contributed by atoms with Gasteiger partial charge in [0, 0.05) is 19.0 Å². The highest BCUT2D eigenvalue weighted by molar-refractivity contribution is 5.87. The number of morpholine rings is 1. The minimum Gasteiger partial charge on any atom is -0.377 e. The molecule has 17 heavy (non-hydrogen) atoms. The Hall–Kier alpha value is -1.14. The van der Waals surface area contributed by atoms with Crippen LogP contribution in [-0.4, -0.2) is 48.6 Å². The van der Waals surface area contributed by atoms with Crippen LogP contribution in [0.2, 0.25) is 0 Å². The lowest BCUT2D eigenvalue weighted by atomic mass is 10.1. The number of amides is 2. The van der Waals surface area contributed by atoms with Crippen molar-refractivity contribution < 1.29 is 14.3 Å². The molecule has 1 aliphatic carbocycles. The molecule has 2 fully saturated rings. The molecule has 4 N–H and O–H groups in total. The number of primary amides is 1. The summed E-state index contributed by atoms with van der Waals surface area (Å²) in [5.74, 6) is -0.124. The van der Waals surface area contributed by atoms with E-state index in [0.29, 0.717) is 25.5 Å². The van der Waals surface area contributed by atoms with Crippen molar-refractivity contribution in [2.24, 2.45) is 17.4 Å². The summed E-state index contributed by atoms with van der Waals surface area (Å²) < 4.78 is 5.16. The van der Waals surface area contributed by atoms with Gasteiger partial charge in [-0.25, -0.2) is 0 Å². The van der Waals surface area contributed by atoms with Gasteiger partial charge >= 0.3 is 0 Å². The van der Waals surface area contributed by atoms with Crippen LogP contribution in [0.4, 0.5) is 0 Å². The first-order valence-corrected chi connectivity index (χ1v) is 6.01. The smallest absolute Gasteiger partial charge is 0.242 e. The molecule has 0 aromatic carbocycles. The van der Waals surface area contributed by atoms with E-state index < -0.39 is 11.9 Å². The van der Waals surface area contributed by atoms with Gasteiger partial charge in [0.1, 0.15) is 6.04 Å². The van der Waals surface area contributed by atoms with Crippen LogP contribution < -0.4 is 11.5 Å². The summed E-state index contributed by atoms with van der Waals surface area (Å²) in [5.41, 5.74) is 11.2. The van der Waals surface area contributed by atoms with E-state index in [-0.39, 0.29) is 18.6 Å². The summed E-state index contributed by atoms with van der Waals surface area (Å²) in [6.07, 6.45) is 2.52. The van der Waals surface area contributed by atoms with Gasteiger partial charge in [0.15, 0.2) is 0 Å². The SMILES string of the molecule is NC(=O)C1COCCN1C(=O)CC(N)C1CC1. The molecule has 1 aliphatic heterocycles. The second-order valence-corrected chi connectivity index (χ2v) is 4.79. The largest absolute Gasteiger partial charge is 0.377 e. The van der Waals surface area contributed by atoms with Gasteiger partial charge in [0.25, 0.3) is 0 Å². The third-order valence-electron chi connectivity index (χ3n) is 3.42. The van der Waals surface area contributed by atoms with Crippen LogP contribution in [0.1, 0.15) is 19.3 Å². The van der Waals surface area contributed by atoms with Gasteiger partial charge in [-0.15, -0.1) is 0 Å². The van der Waals surface area contributed by atoms with E-state index in [1.165, 1.54) is 4.90 Å². The topological polar surface area (TPSA) is 98.7 Å². The van der Waals surface area contributed by atoms with Crippen molar-refractivity contribution in [2.45, 2.75) is 31.3 Å². The zero-order valence-corrected chi connectivity index (χ0v) is 9.80. The number of ether oxygens (including phenoxy) is 1. The number of carbonyl (C=O) groups excluding carboxylic acids is 2. The van der Waals surface area contributed by atoms with Crippen molar-refractivity contribution in [3.63, 3.8) is 0 Å². The lowest BCUT2D eigenvalue weighted by Crippen LogP contribution is -2.55. The molecule has 2 amide bonds. The Balaban J connectivity index is 1.92. The molecule has 2 unspecified atom stereocenters. The van der Waals surface area contributed by atoms with Gasteiger partial charge in [-0.05, 0) is 18.8 Å². The first kappa shape index (κ1) is 12.3. The molecule has 1 saturated carbocycles. The summed E-state index contributed by atoms with van der Waals surface area (Å²) in [7, 11) is 0. The Labute approximate surface area is 100 Å². The van der Waals surface area contributed by atoms with Crippen molar-refractivity contribution in [2.75, 3.05) is 19.8 Å². The quantitative estimate of drug-likeness (QED) is 0.647. The molecule has 2 atom stereocenters. The molecule has 0 radical (unpaired) electrons. The zero-order valence-electron chi connectivity index (χ0n) is 9.80. The maximum atomic E-state index is 12.0.